The maximum atomic E-state index is 12.3. The predicted molar refractivity (Wildman–Crippen MR) is 80.9 cm³/mol. The highest BCUT2D eigenvalue weighted by molar-refractivity contribution is 7.92. The lowest BCUT2D eigenvalue weighted by atomic mass is 10.3. The van der Waals surface area contributed by atoms with Crippen LogP contribution in [-0.4, -0.2) is 39.5 Å². The molecule has 0 saturated heterocycles. The minimum atomic E-state index is -4.86. The van der Waals surface area contributed by atoms with Crippen LogP contribution in [0.25, 0.3) is 5.82 Å². The molecule has 1 N–H and O–H groups in total. The van der Waals surface area contributed by atoms with Crippen LogP contribution < -0.4 is 9.46 Å². The first-order valence-electron chi connectivity index (χ1n) is 6.79. The summed E-state index contributed by atoms with van der Waals surface area (Å²) in [6, 6.07) is 5.05. The molecule has 136 valence electrons. The molecular formula is C13H9F3N6O3S. The summed E-state index contributed by atoms with van der Waals surface area (Å²) in [5.74, 6) is -0.322. The van der Waals surface area contributed by atoms with E-state index in [9.17, 15) is 21.6 Å². The topological polar surface area (TPSA) is 112 Å². The zero-order chi connectivity index (χ0) is 18.8. The van der Waals surface area contributed by atoms with E-state index in [0.717, 1.165) is 30.6 Å². The second kappa shape index (κ2) is 6.59. The van der Waals surface area contributed by atoms with Crippen LogP contribution in [0.5, 0.6) is 5.75 Å². The molecule has 0 unspecified atom stereocenters. The van der Waals surface area contributed by atoms with Crippen LogP contribution in [-0.2, 0) is 10.0 Å². The van der Waals surface area contributed by atoms with Gasteiger partial charge in [-0.1, -0.05) is 0 Å². The number of ether oxygens (including phenoxy) is 1. The van der Waals surface area contributed by atoms with Crippen LogP contribution >= 0.6 is 0 Å². The lowest BCUT2D eigenvalue weighted by Gasteiger charge is -2.10. The summed E-state index contributed by atoms with van der Waals surface area (Å²) in [6.45, 7) is 0. The third-order valence-corrected chi connectivity index (χ3v) is 4.28. The van der Waals surface area contributed by atoms with Crippen molar-refractivity contribution in [2.75, 3.05) is 4.72 Å². The number of nitrogens with one attached hydrogen (secondary N) is 1. The summed E-state index contributed by atoms with van der Waals surface area (Å²) >= 11 is 0. The molecule has 0 spiro atoms. The van der Waals surface area contributed by atoms with Crippen molar-refractivity contribution in [2.24, 2.45) is 0 Å². The van der Waals surface area contributed by atoms with Gasteiger partial charge in [-0.3, -0.25) is 4.72 Å². The van der Waals surface area contributed by atoms with Crippen molar-refractivity contribution < 1.29 is 26.3 Å². The summed E-state index contributed by atoms with van der Waals surface area (Å²) in [4.78, 5) is 11.2. The van der Waals surface area contributed by atoms with Gasteiger partial charge in [0.1, 0.15) is 30.5 Å². The first-order valence-corrected chi connectivity index (χ1v) is 8.27. The molecule has 3 rings (SSSR count). The fraction of sp³-hybridized carbons (Fsp3) is 0.0769. The minimum absolute atomic E-state index is 0.0545. The summed E-state index contributed by atoms with van der Waals surface area (Å²) < 4.78 is 68.3. The Labute approximate surface area is 144 Å². The molecular weight excluding hydrogens is 377 g/mol. The van der Waals surface area contributed by atoms with E-state index in [1.165, 1.54) is 23.4 Å². The van der Waals surface area contributed by atoms with Crippen LogP contribution in [0.15, 0.2) is 54.2 Å². The number of sulfonamides is 1. The molecule has 13 heteroatoms. The number of aromatic nitrogens is 5. The summed E-state index contributed by atoms with van der Waals surface area (Å²) in [5.41, 5.74) is 0. The molecule has 0 amide bonds. The van der Waals surface area contributed by atoms with Crippen molar-refractivity contribution in [3.63, 3.8) is 0 Å². The van der Waals surface area contributed by atoms with Crippen LogP contribution in [0.2, 0.25) is 0 Å². The Balaban J connectivity index is 1.80. The molecule has 0 aliphatic carbocycles. The summed E-state index contributed by atoms with van der Waals surface area (Å²) in [5, 5.41) is 3.85. The Morgan fingerprint density at radius 3 is 2.42 bits per heavy atom. The van der Waals surface area contributed by atoms with Gasteiger partial charge in [-0.25, -0.2) is 28.1 Å². The molecule has 0 atom stereocenters. The third kappa shape index (κ3) is 4.24. The lowest BCUT2D eigenvalue weighted by molar-refractivity contribution is -0.274. The molecule has 0 fully saturated rings. The molecule has 1 aromatic carbocycles. The monoisotopic (exact) mass is 386 g/mol. The number of anilines is 1. The highest BCUT2D eigenvalue weighted by Gasteiger charge is 2.31. The Bertz CT molecular complexity index is 991. The smallest absolute Gasteiger partial charge is 0.406 e. The van der Waals surface area contributed by atoms with Gasteiger partial charge in [0.05, 0.1) is 4.90 Å². The molecule has 2 heterocycles. The number of alkyl halides is 3. The van der Waals surface area contributed by atoms with Gasteiger partial charge in [-0.2, -0.15) is 5.10 Å². The van der Waals surface area contributed by atoms with Crippen LogP contribution in [0, 0.1) is 0 Å². The molecule has 0 aliphatic rings. The second-order valence-electron chi connectivity index (χ2n) is 4.73. The SMILES string of the molecule is O=S(=O)(Nc1cc(-n2cncn2)ncn1)c1ccc(OC(F)(F)F)cc1. The largest absolute Gasteiger partial charge is 0.573 e. The standard InChI is InChI=1S/C13H9F3N6O3S/c14-13(15,16)25-9-1-3-10(4-2-9)26(23,24)21-11-5-12(19-7-18-11)22-8-17-6-20-22/h1-8H,(H,18,19,21). The van der Waals surface area contributed by atoms with Crippen molar-refractivity contribution in [1.82, 2.24) is 24.7 Å². The first-order chi connectivity index (χ1) is 12.2. The molecule has 0 saturated carbocycles. The Morgan fingerprint density at radius 1 is 1.08 bits per heavy atom. The van der Waals surface area contributed by atoms with Crippen LogP contribution in [0.4, 0.5) is 19.0 Å². The highest BCUT2D eigenvalue weighted by atomic mass is 32.2. The van der Waals surface area contributed by atoms with E-state index in [1.807, 2.05) is 0 Å². The molecule has 2 aromatic heterocycles. The van der Waals surface area contributed by atoms with Gasteiger partial charge in [-0.15, -0.1) is 13.2 Å². The van der Waals surface area contributed by atoms with Crippen molar-refractivity contribution >= 4 is 15.8 Å². The molecule has 0 aliphatic heterocycles. The van der Waals surface area contributed by atoms with Crippen molar-refractivity contribution in [3.05, 3.63) is 49.3 Å². The van der Waals surface area contributed by atoms with Crippen molar-refractivity contribution in [2.45, 2.75) is 11.3 Å². The zero-order valence-electron chi connectivity index (χ0n) is 12.6. The summed E-state index contributed by atoms with van der Waals surface area (Å²) in [6.07, 6.45) is -1.11. The second-order valence-corrected chi connectivity index (χ2v) is 6.41. The molecule has 0 radical (unpaired) electrons. The average molecular weight is 386 g/mol. The Morgan fingerprint density at radius 2 is 1.81 bits per heavy atom. The van der Waals surface area contributed by atoms with E-state index < -0.39 is 22.1 Å². The van der Waals surface area contributed by atoms with Gasteiger partial charge in [0.15, 0.2) is 5.82 Å². The van der Waals surface area contributed by atoms with Gasteiger partial charge in [0.2, 0.25) is 0 Å². The number of benzene rings is 1. The van der Waals surface area contributed by atoms with Crippen molar-refractivity contribution in [1.29, 1.82) is 0 Å². The van der Waals surface area contributed by atoms with Gasteiger partial charge in [0.25, 0.3) is 10.0 Å². The molecule has 9 nitrogen and oxygen atoms in total. The molecule has 0 bridgehead atoms. The number of halogens is 3. The lowest BCUT2D eigenvalue weighted by Crippen LogP contribution is -2.17. The Kier molecular flexibility index (Phi) is 4.46. The van der Waals surface area contributed by atoms with Gasteiger partial charge in [-0.05, 0) is 24.3 Å². The fourth-order valence-electron chi connectivity index (χ4n) is 1.87. The average Bonchev–Trinajstić information content (AvgIpc) is 3.08. The Hall–Kier alpha value is -3.22. The van der Waals surface area contributed by atoms with E-state index in [-0.39, 0.29) is 16.5 Å². The molecule has 3 aromatic rings. The third-order valence-electron chi connectivity index (χ3n) is 2.91. The quantitative estimate of drug-likeness (QED) is 0.711. The minimum Gasteiger partial charge on any atom is -0.406 e. The number of nitrogens with zero attached hydrogens (tertiary/aromatic N) is 5. The van der Waals surface area contributed by atoms with E-state index in [1.54, 1.807) is 0 Å². The normalized spacial score (nSPS) is 12.0. The number of hydrogen-bond donors (Lipinski definition) is 1. The van der Waals surface area contributed by atoms with Gasteiger partial charge < -0.3 is 4.74 Å². The molecule has 26 heavy (non-hydrogen) atoms. The van der Waals surface area contributed by atoms with Crippen LogP contribution in [0.1, 0.15) is 0 Å². The summed E-state index contributed by atoms with van der Waals surface area (Å²) in [7, 11) is -4.08. The predicted octanol–water partition coefficient (Wildman–Crippen LogP) is 1.76. The van der Waals surface area contributed by atoms with Gasteiger partial charge >= 0.3 is 6.36 Å². The van der Waals surface area contributed by atoms with Crippen LogP contribution in [0.3, 0.4) is 0 Å². The fourth-order valence-corrected chi connectivity index (χ4v) is 2.87. The van der Waals surface area contributed by atoms with E-state index in [2.05, 4.69) is 29.5 Å². The number of hydrogen-bond acceptors (Lipinski definition) is 7. The maximum absolute atomic E-state index is 12.3. The van der Waals surface area contributed by atoms with Gasteiger partial charge in [0, 0.05) is 6.07 Å². The van der Waals surface area contributed by atoms with E-state index in [4.69, 9.17) is 0 Å². The van der Waals surface area contributed by atoms with Crippen molar-refractivity contribution in [3.8, 4) is 11.6 Å². The van der Waals surface area contributed by atoms with E-state index >= 15 is 0 Å². The first kappa shape index (κ1) is 17.6. The van der Waals surface area contributed by atoms with E-state index in [0.29, 0.717) is 0 Å². The maximum Gasteiger partial charge on any atom is 0.573 e. The number of rotatable bonds is 5. The zero-order valence-corrected chi connectivity index (χ0v) is 13.4. The highest BCUT2D eigenvalue weighted by Crippen LogP contribution is 2.24.